The fourth-order valence-corrected chi connectivity index (χ4v) is 5.29. The highest BCUT2D eigenvalue weighted by molar-refractivity contribution is 6.15. The van der Waals surface area contributed by atoms with Crippen LogP contribution in [-0.2, 0) is 31.3 Å². The summed E-state index contributed by atoms with van der Waals surface area (Å²) in [7, 11) is 1.53. The van der Waals surface area contributed by atoms with Gasteiger partial charge in [-0.1, -0.05) is 12.1 Å². The third kappa shape index (κ3) is 3.01. The zero-order valence-electron chi connectivity index (χ0n) is 17.6. The van der Waals surface area contributed by atoms with Crippen molar-refractivity contribution >= 4 is 29.3 Å². The van der Waals surface area contributed by atoms with E-state index < -0.39 is 52.9 Å². The van der Waals surface area contributed by atoms with Crippen molar-refractivity contribution in [1.82, 2.24) is 10.2 Å². The molecule has 3 aliphatic rings. The minimum atomic E-state index is -1.68. The van der Waals surface area contributed by atoms with Gasteiger partial charge in [0, 0.05) is 23.7 Å². The molecule has 33 heavy (non-hydrogen) atoms. The minimum Gasteiger partial charge on any atom is -0.497 e. The van der Waals surface area contributed by atoms with Crippen molar-refractivity contribution in [2.75, 3.05) is 12.4 Å². The number of ether oxygens (including phenoxy) is 1. The van der Waals surface area contributed by atoms with Crippen LogP contribution >= 0.6 is 0 Å². The topological polar surface area (TPSA) is 131 Å². The molecule has 4 N–H and O–H groups in total. The van der Waals surface area contributed by atoms with E-state index in [1.165, 1.54) is 25.3 Å². The smallest absolute Gasteiger partial charge is 0.250 e. The van der Waals surface area contributed by atoms with Crippen LogP contribution in [0.1, 0.15) is 17.5 Å². The number of carbonyl (C=O) groups excluding carboxylic acids is 4. The van der Waals surface area contributed by atoms with Crippen molar-refractivity contribution in [3.05, 3.63) is 59.4 Å². The third-order valence-electron chi connectivity index (χ3n) is 6.69. The summed E-state index contributed by atoms with van der Waals surface area (Å²) in [6, 6.07) is 9.81. The summed E-state index contributed by atoms with van der Waals surface area (Å²) >= 11 is 0. The average molecular weight is 452 g/mol. The highest BCUT2D eigenvalue weighted by Crippen LogP contribution is 2.53. The first kappa shape index (κ1) is 21.1. The maximum atomic E-state index is 14.2. The van der Waals surface area contributed by atoms with Crippen LogP contribution in [0, 0.1) is 17.7 Å². The molecule has 3 heterocycles. The summed E-state index contributed by atoms with van der Waals surface area (Å²) in [5, 5.41) is 5.71. The molecule has 3 aliphatic heterocycles. The molecule has 2 aromatic rings. The van der Waals surface area contributed by atoms with Gasteiger partial charge in [-0.2, -0.15) is 0 Å². The molecule has 2 saturated heterocycles. The first-order chi connectivity index (χ1) is 15.8. The van der Waals surface area contributed by atoms with Gasteiger partial charge in [0.25, 0.3) is 0 Å². The van der Waals surface area contributed by atoms with E-state index in [1.54, 1.807) is 24.3 Å². The van der Waals surface area contributed by atoms with Crippen molar-refractivity contribution in [3.8, 4) is 5.75 Å². The van der Waals surface area contributed by atoms with Gasteiger partial charge in [-0.25, -0.2) is 4.39 Å². The molecule has 4 atom stereocenters. The van der Waals surface area contributed by atoms with Gasteiger partial charge in [0.05, 0.1) is 25.5 Å². The van der Waals surface area contributed by atoms with Gasteiger partial charge in [0.15, 0.2) is 0 Å². The molecule has 1 spiro atoms. The van der Waals surface area contributed by atoms with Crippen molar-refractivity contribution in [1.29, 1.82) is 0 Å². The molecule has 0 saturated carbocycles. The second-order valence-corrected chi connectivity index (χ2v) is 8.49. The summed E-state index contributed by atoms with van der Waals surface area (Å²) in [5.74, 6) is -4.43. The molecule has 5 rings (SSSR count). The van der Waals surface area contributed by atoms with Gasteiger partial charge in [-0.15, -0.1) is 0 Å². The molecule has 2 aromatic carbocycles. The number of nitrogens with zero attached hydrogens (tertiary/aromatic N) is 1. The first-order valence-electron chi connectivity index (χ1n) is 10.4. The summed E-state index contributed by atoms with van der Waals surface area (Å²) in [5.41, 5.74) is 5.00. The number of likely N-dealkylation sites (tertiary alicyclic amines) is 1. The van der Waals surface area contributed by atoms with Gasteiger partial charge >= 0.3 is 0 Å². The molecule has 170 valence electrons. The van der Waals surface area contributed by atoms with E-state index in [9.17, 15) is 23.6 Å². The number of benzene rings is 2. The first-order valence-corrected chi connectivity index (χ1v) is 10.4. The van der Waals surface area contributed by atoms with Gasteiger partial charge < -0.3 is 15.8 Å². The van der Waals surface area contributed by atoms with Crippen LogP contribution < -0.4 is 21.1 Å². The predicted molar refractivity (Wildman–Crippen MR) is 113 cm³/mol. The van der Waals surface area contributed by atoms with E-state index in [2.05, 4.69) is 10.6 Å². The van der Waals surface area contributed by atoms with Crippen LogP contribution in [0.25, 0.3) is 0 Å². The molecule has 4 unspecified atom stereocenters. The largest absolute Gasteiger partial charge is 0.497 e. The van der Waals surface area contributed by atoms with Crippen molar-refractivity contribution in [2.24, 2.45) is 17.6 Å². The maximum Gasteiger partial charge on any atom is 0.250 e. The third-order valence-corrected chi connectivity index (χ3v) is 6.69. The molecule has 0 bridgehead atoms. The number of fused-ring (bicyclic) bond motifs is 4. The number of nitrogens with one attached hydrogen (secondary N) is 2. The Balaban J connectivity index is 1.57. The Morgan fingerprint density at radius 1 is 1.15 bits per heavy atom. The number of primary amides is 1. The van der Waals surface area contributed by atoms with Crippen LogP contribution in [-0.4, -0.2) is 41.7 Å². The molecule has 2 fully saturated rings. The quantitative estimate of drug-likeness (QED) is 0.571. The molecule has 9 nitrogen and oxygen atoms in total. The normalized spacial score (nSPS) is 27.6. The fourth-order valence-electron chi connectivity index (χ4n) is 5.29. The molecule has 0 aliphatic carbocycles. The summed E-state index contributed by atoms with van der Waals surface area (Å²) < 4.78 is 19.3. The second kappa shape index (κ2) is 7.38. The maximum absolute atomic E-state index is 14.2. The zero-order chi connectivity index (χ0) is 23.5. The Labute approximate surface area is 188 Å². The molecular formula is C23H21FN4O5. The number of halogens is 1. The van der Waals surface area contributed by atoms with Crippen LogP contribution in [0.15, 0.2) is 42.5 Å². The number of imide groups is 1. The Morgan fingerprint density at radius 3 is 2.55 bits per heavy atom. The van der Waals surface area contributed by atoms with E-state index in [4.69, 9.17) is 10.5 Å². The SMILES string of the molecule is COc1ccc(CN2C(=O)C3C(CC(N)=O)NC4(C(=O)Nc5ccc(F)cc54)C3C2=O)cc1. The number of nitrogens with two attached hydrogens (primary N) is 1. The van der Waals surface area contributed by atoms with Gasteiger partial charge in [-0.3, -0.25) is 29.4 Å². The van der Waals surface area contributed by atoms with Crippen molar-refractivity contribution < 1.29 is 28.3 Å². The standard InChI is InChI=1S/C23H21FN4O5/c1-33-13-5-2-11(3-6-13)10-28-20(30)18-16(9-17(25)29)27-23(19(18)21(28)31)14-8-12(24)4-7-15(14)26-22(23)32/h2-8,16,18-19,27H,9-10H2,1H3,(H2,25,29)(H,26,32). The molecule has 0 radical (unpaired) electrons. The number of hydrogen-bond donors (Lipinski definition) is 3. The lowest BCUT2D eigenvalue weighted by atomic mass is 9.76. The molecular weight excluding hydrogens is 431 g/mol. The summed E-state index contributed by atoms with van der Waals surface area (Å²) in [6.45, 7) is -0.00827. The Hall–Kier alpha value is -3.79. The van der Waals surface area contributed by atoms with E-state index in [-0.39, 0.29) is 18.5 Å². The lowest BCUT2D eigenvalue weighted by Crippen LogP contribution is -2.53. The Morgan fingerprint density at radius 2 is 1.88 bits per heavy atom. The van der Waals surface area contributed by atoms with E-state index >= 15 is 0 Å². The number of carbonyl (C=O) groups is 4. The van der Waals surface area contributed by atoms with Crippen LogP contribution in [0.5, 0.6) is 5.75 Å². The number of anilines is 1. The number of hydrogen-bond acceptors (Lipinski definition) is 6. The van der Waals surface area contributed by atoms with Crippen molar-refractivity contribution in [3.63, 3.8) is 0 Å². The lowest BCUT2D eigenvalue weighted by molar-refractivity contribution is -0.143. The second-order valence-electron chi connectivity index (χ2n) is 8.49. The highest BCUT2D eigenvalue weighted by Gasteiger charge is 2.70. The molecule has 10 heteroatoms. The molecule has 4 amide bonds. The number of rotatable bonds is 5. The molecule has 0 aromatic heterocycles. The predicted octanol–water partition coefficient (Wildman–Crippen LogP) is 0.630. The van der Waals surface area contributed by atoms with E-state index in [0.717, 1.165) is 4.90 Å². The minimum absolute atomic E-state index is 0.00827. The summed E-state index contributed by atoms with van der Waals surface area (Å²) in [6.07, 6.45) is -0.254. The van der Waals surface area contributed by atoms with E-state index in [0.29, 0.717) is 17.0 Å². The monoisotopic (exact) mass is 452 g/mol. The van der Waals surface area contributed by atoms with Gasteiger partial charge in [0.1, 0.15) is 17.1 Å². The number of amides is 4. The zero-order valence-corrected chi connectivity index (χ0v) is 17.6. The van der Waals surface area contributed by atoms with Crippen LogP contribution in [0.4, 0.5) is 10.1 Å². The fraction of sp³-hybridized carbons (Fsp3) is 0.304. The van der Waals surface area contributed by atoms with Crippen LogP contribution in [0.2, 0.25) is 0 Å². The van der Waals surface area contributed by atoms with Gasteiger partial charge in [-0.05, 0) is 35.9 Å². The van der Waals surface area contributed by atoms with Gasteiger partial charge in [0.2, 0.25) is 23.6 Å². The Bertz CT molecular complexity index is 1200. The van der Waals surface area contributed by atoms with Crippen LogP contribution in [0.3, 0.4) is 0 Å². The lowest BCUT2D eigenvalue weighted by Gasteiger charge is -2.29. The number of methoxy groups -OCH3 is 1. The Kier molecular flexibility index (Phi) is 4.71. The van der Waals surface area contributed by atoms with Crippen molar-refractivity contribution in [2.45, 2.75) is 24.5 Å². The summed E-state index contributed by atoms with van der Waals surface area (Å²) in [4.78, 5) is 53.1. The van der Waals surface area contributed by atoms with E-state index in [1.807, 2.05) is 0 Å². The average Bonchev–Trinajstić information content (AvgIpc) is 3.34. The highest BCUT2D eigenvalue weighted by atomic mass is 19.1.